The van der Waals surface area contributed by atoms with Gasteiger partial charge in [-0.1, -0.05) is 0 Å². The van der Waals surface area contributed by atoms with Crippen LogP contribution in [0.1, 0.15) is 0 Å². The second kappa shape index (κ2) is 4.87. The van der Waals surface area contributed by atoms with E-state index in [1.165, 1.54) is 0 Å². The summed E-state index contributed by atoms with van der Waals surface area (Å²) in [5.41, 5.74) is 0. The van der Waals surface area contributed by atoms with Crippen molar-refractivity contribution in [1.82, 2.24) is 4.72 Å². The molecule has 2 fully saturated rings. The first-order valence-corrected chi connectivity index (χ1v) is 7.73. The van der Waals surface area contributed by atoms with Gasteiger partial charge in [0.15, 0.2) is 6.29 Å². The van der Waals surface area contributed by atoms with Gasteiger partial charge in [0.25, 0.3) is 0 Å². The first-order valence-electron chi connectivity index (χ1n) is 4.92. The Morgan fingerprint density at radius 2 is 1.84 bits per heavy atom. The molecule has 2 aliphatic rings. The zero-order valence-electron chi connectivity index (χ0n) is 9.11. The highest BCUT2D eigenvalue weighted by molar-refractivity contribution is 7.83. The number of aliphatic hydroxyl groups is 1. The molecule has 112 valence electrons. The Morgan fingerprint density at radius 3 is 2.37 bits per heavy atom. The SMILES string of the molecule is O=S(=O)(O)N[C@H]1C2OC[C@@H](O2)[C@@H](O)[C@@H]1OS(=O)(=O)O. The maximum absolute atomic E-state index is 10.8. The van der Waals surface area contributed by atoms with Crippen LogP contribution in [0.15, 0.2) is 0 Å². The molecule has 0 spiro atoms. The standard InChI is InChI=1S/C6H11NO10S2/c8-4-2-1-15-6(16-2)3(7-18(9,10)11)5(4)17-19(12,13)14/h2-8H,1H2,(H,9,10,11)(H,12,13,14)/t2-,3-,4-,5-,6?/m1/s1. The van der Waals surface area contributed by atoms with Crippen LogP contribution < -0.4 is 4.72 Å². The summed E-state index contributed by atoms with van der Waals surface area (Å²) in [6, 6.07) is -1.55. The van der Waals surface area contributed by atoms with E-state index in [2.05, 4.69) is 4.18 Å². The Balaban J connectivity index is 2.28. The van der Waals surface area contributed by atoms with Crippen molar-refractivity contribution in [3.8, 4) is 0 Å². The zero-order chi connectivity index (χ0) is 14.4. The van der Waals surface area contributed by atoms with Crippen molar-refractivity contribution in [3.63, 3.8) is 0 Å². The number of aliphatic hydroxyl groups excluding tert-OH is 1. The lowest BCUT2D eigenvalue weighted by Crippen LogP contribution is -2.61. The number of nitrogens with one attached hydrogen (secondary N) is 1. The molecule has 19 heavy (non-hydrogen) atoms. The van der Waals surface area contributed by atoms with Crippen molar-refractivity contribution in [1.29, 1.82) is 0 Å². The van der Waals surface area contributed by atoms with Crippen LogP contribution in [0.2, 0.25) is 0 Å². The summed E-state index contributed by atoms with van der Waals surface area (Å²) in [6.07, 6.45) is -5.48. The lowest BCUT2D eigenvalue weighted by Gasteiger charge is -2.36. The van der Waals surface area contributed by atoms with Gasteiger partial charge in [0.1, 0.15) is 24.4 Å². The van der Waals surface area contributed by atoms with E-state index in [1.54, 1.807) is 4.72 Å². The predicted molar refractivity (Wildman–Crippen MR) is 55.5 cm³/mol. The Labute approximate surface area is 108 Å². The van der Waals surface area contributed by atoms with Crippen molar-refractivity contribution in [2.45, 2.75) is 30.6 Å². The Hall–Kier alpha value is -0.380. The van der Waals surface area contributed by atoms with Crippen molar-refractivity contribution in [2.75, 3.05) is 6.61 Å². The molecule has 0 saturated carbocycles. The summed E-state index contributed by atoms with van der Waals surface area (Å²) in [7, 11) is -9.69. The van der Waals surface area contributed by atoms with Gasteiger partial charge >= 0.3 is 20.7 Å². The number of hydrogen-bond donors (Lipinski definition) is 4. The van der Waals surface area contributed by atoms with Crippen LogP contribution in [-0.2, 0) is 34.4 Å². The molecule has 2 saturated heterocycles. The lowest BCUT2D eigenvalue weighted by molar-refractivity contribution is -0.175. The molecule has 0 aromatic carbocycles. The highest BCUT2D eigenvalue weighted by Gasteiger charge is 2.53. The van der Waals surface area contributed by atoms with Crippen LogP contribution in [0.5, 0.6) is 0 Å². The van der Waals surface area contributed by atoms with Crippen molar-refractivity contribution >= 4 is 20.7 Å². The molecule has 2 bridgehead atoms. The molecule has 0 radical (unpaired) electrons. The van der Waals surface area contributed by atoms with E-state index in [4.69, 9.17) is 18.6 Å². The molecule has 2 heterocycles. The molecule has 4 N–H and O–H groups in total. The van der Waals surface area contributed by atoms with Gasteiger partial charge in [-0.25, -0.2) is 4.18 Å². The molecule has 5 atom stereocenters. The molecule has 1 unspecified atom stereocenters. The summed E-state index contributed by atoms with van der Waals surface area (Å²) in [5.74, 6) is 0. The largest absolute Gasteiger partial charge is 0.397 e. The van der Waals surface area contributed by atoms with Gasteiger partial charge in [-0.3, -0.25) is 9.11 Å². The molecule has 2 aliphatic heterocycles. The Bertz CT molecular complexity index is 508. The van der Waals surface area contributed by atoms with E-state index in [0.717, 1.165) is 0 Å². The topological polar surface area (TPSA) is 169 Å². The van der Waals surface area contributed by atoms with Gasteiger partial charge in [0.05, 0.1) is 6.61 Å². The monoisotopic (exact) mass is 321 g/mol. The molecule has 11 nitrogen and oxygen atoms in total. The van der Waals surface area contributed by atoms with Crippen LogP contribution in [0, 0.1) is 0 Å². The minimum atomic E-state index is -4.95. The highest BCUT2D eigenvalue weighted by Crippen LogP contribution is 2.30. The van der Waals surface area contributed by atoms with Crippen LogP contribution in [0.4, 0.5) is 0 Å². The van der Waals surface area contributed by atoms with E-state index in [0.29, 0.717) is 0 Å². The first kappa shape index (κ1) is 15.0. The molecule has 0 aromatic rings. The normalized spacial score (nSPS) is 39.4. The van der Waals surface area contributed by atoms with Gasteiger partial charge in [-0.15, -0.1) is 0 Å². The summed E-state index contributed by atoms with van der Waals surface area (Å²) < 4.78 is 76.1. The van der Waals surface area contributed by atoms with E-state index < -0.39 is 51.3 Å². The molecule has 2 rings (SSSR count). The van der Waals surface area contributed by atoms with Crippen LogP contribution in [0.3, 0.4) is 0 Å². The van der Waals surface area contributed by atoms with Crippen molar-refractivity contribution in [2.24, 2.45) is 0 Å². The number of fused-ring (bicyclic) bond motifs is 2. The van der Waals surface area contributed by atoms with E-state index in [-0.39, 0.29) is 6.61 Å². The number of hydrogen-bond acceptors (Lipinski definition) is 8. The number of ether oxygens (including phenoxy) is 2. The minimum absolute atomic E-state index is 0.124. The van der Waals surface area contributed by atoms with Gasteiger partial charge in [-0.2, -0.15) is 21.6 Å². The molecule has 0 aromatic heterocycles. The minimum Gasteiger partial charge on any atom is -0.387 e. The maximum atomic E-state index is 10.8. The molecule has 0 amide bonds. The molecular weight excluding hydrogens is 310 g/mol. The summed E-state index contributed by atoms with van der Waals surface area (Å²) in [4.78, 5) is 0. The van der Waals surface area contributed by atoms with Gasteiger partial charge in [0, 0.05) is 0 Å². The van der Waals surface area contributed by atoms with E-state index in [9.17, 15) is 21.9 Å². The fourth-order valence-corrected chi connectivity index (χ4v) is 3.04. The van der Waals surface area contributed by atoms with Crippen molar-refractivity contribution in [3.05, 3.63) is 0 Å². The highest BCUT2D eigenvalue weighted by atomic mass is 32.3. The third-order valence-corrected chi connectivity index (χ3v) is 3.65. The fraction of sp³-hybridized carbons (Fsp3) is 1.00. The van der Waals surface area contributed by atoms with Gasteiger partial charge in [0.2, 0.25) is 0 Å². The lowest BCUT2D eigenvalue weighted by atomic mass is 10.00. The average molecular weight is 321 g/mol. The van der Waals surface area contributed by atoms with E-state index >= 15 is 0 Å². The summed E-state index contributed by atoms with van der Waals surface area (Å²) in [6.45, 7) is -0.124. The first-order chi connectivity index (χ1) is 8.57. The predicted octanol–water partition coefficient (Wildman–Crippen LogP) is -2.95. The quantitative estimate of drug-likeness (QED) is 0.393. The van der Waals surface area contributed by atoms with Crippen LogP contribution >= 0.6 is 0 Å². The van der Waals surface area contributed by atoms with E-state index in [1.807, 2.05) is 0 Å². The second-order valence-corrected chi connectivity index (χ2v) is 6.21. The fourth-order valence-electron chi connectivity index (χ4n) is 1.94. The van der Waals surface area contributed by atoms with Gasteiger partial charge < -0.3 is 14.6 Å². The van der Waals surface area contributed by atoms with Crippen LogP contribution in [0.25, 0.3) is 0 Å². The summed E-state index contributed by atoms with van der Waals surface area (Å²) >= 11 is 0. The zero-order valence-corrected chi connectivity index (χ0v) is 10.7. The second-order valence-electron chi connectivity index (χ2n) is 3.97. The smallest absolute Gasteiger partial charge is 0.387 e. The Kier molecular flexibility index (Phi) is 3.85. The number of rotatable bonds is 4. The third kappa shape index (κ3) is 3.59. The van der Waals surface area contributed by atoms with Crippen molar-refractivity contribution < 1.29 is 44.7 Å². The average Bonchev–Trinajstić information content (AvgIpc) is 2.63. The van der Waals surface area contributed by atoms with Crippen LogP contribution in [-0.4, -0.2) is 68.3 Å². The molecule has 13 heteroatoms. The molecule has 0 aliphatic carbocycles. The van der Waals surface area contributed by atoms with Gasteiger partial charge in [-0.05, 0) is 0 Å². The third-order valence-electron chi connectivity index (χ3n) is 2.62. The molecular formula is C6H11NO10S2. The Morgan fingerprint density at radius 1 is 1.21 bits per heavy atom. The maximum Gasteiger partial charge on any atom is 0.397 e. The summed E-state index contributed by atoms with van der Waals surface area (Å²) in [5, 5.41) is 9.76.